The Hall–Kier alpha value is -3.55. The summed E-state index contributed by atoms with van der Waals surface area (Å²) < 4.78 is 2.23. The normalized spacial score (nSPS) is 14.7. The molecule has 0 aliphatic heterocycles. The summed E-state index contributed by atoms with van der Waals surface area (Å²) in [7, 11) is 0. The maximum atomic E-state index is 4.83. The lowest BCUT2D eigenvalue weighted by Gasteiger charge is -2.23. The summed E-state index contributed by atoms with van der Waals surface area (Å²) in [5, 5.41) is 6.73. The second-order valence-corrected chi connectivity index (χ2v) is 7.59. The molecule has 1 aliphatic rings. The minimum Gasteiger partial charge on any atom is -0.364 e. The molecule has 4 heterocycles. The molecule has 152 valence electrons. The minimum atomic E-state index is 0.443. The Morgan fingerprint density at radius 1 is 0.967 bits per heavy atom. The number of hydrogen-bond acceptors (Lipinski definition) is 7. The Kier molecular flexibility index (Phi) is 5.20. The zero-order chi connectivity index (χ0) is 20.2. The number of hydrogen-bond donors (Lipinski definition) is 2. The Morgan fingerprint density at radius 2 is 1.83 bits per heavy atom. The molecular weight excluding hydrogens is 376 g/mol. The fourth-order valence-corrected chi connectivity index (χ4v) is 3.97. The number of rotatable bonds is 6. The lowest BCUT2D eigenvalue weighted by molar-refractivity contribution is 0.358. The Balaban J connectivity index is 1.51. The summed E-state index contributed by atoms with van der Waals surface area (Å²) >= 11 is 0. The van der Waals surface area contributed by atoms with Crippen molar-refractivity contribution in [2.45, 2.75) is 44.7 Å². The summed E-state index contributed by atoms with van der Waals surface area (Å²) in [6.07, 6.45) is 15.2. The molecule has 1 fully saturated rings. The second-order valence-electron chi connectivity index (χ2n) is 7.59. The van der Waals surface area contributed by atoms with Crippen molar-refractivity contribution >= 4 is 28.6 Å². The number of nitrogens with zero attached hydrogens (tertiary/aromatic N) is 6. The van der Waals surface area contributed by atoms with E-state index in [9.17, 15) is 0 Å². The molecule has 0 spiro atoms. The molecule has 8 nitrogen and oxygen atoms in total. The van der Waals surface area contributed by atoms with Crippen LogP contribution in [0.1, 0.15) is 43.7 Å². The molecule has 30 heavy (non-hydrogen) atoms. The first-order valence-electron chi connectivity index (χ1n) is 10.4. The van der Waals surface area contributed by atoms with Gasteiger partial charge in [0.15, 0.2) is 17.0 Å². The third kappa shape index (κ3) is 3.94. The fourth-order valence-electron chi connectivity index (χ4n) is 3.97. The van der Waals surface area contributed by atoms with Gasteiger partial charge in [-0.3, -0.25) is 9.97 Å². The molecule has 0 amide bonds. The van der Waals surface area contributed by atoms with Crippen LogP contribution in [0.15, 0.2) is 55.4 Å². The van der Waals surface area contributed by atoms with E-state index in [1.807, 2.05) is 36.8 Å². The van der Waals surface area contributed by atoms with Crippen molar-refractivity contribution in [2.24, 2.45) is 0 Å². The smallest absolute Gasteiger partial charge is 0.231 e. The first-order valence-corrected chi connectivity index (χ1v) is 10.4. The molecule has 0 atom stereocenters. The highest BCUT2D eigenvalue weighted by Crippen LogP contribution is 2.32. The van der Waals surface area contributed by atoms with E-state index in [2.05, 4.69) is 30.2 Å². The standard InChI is InChI=1S/C22H24N8/c1-2-6-18(7-3-1)30-15-26-19-20(25-14-16-5-4-10-24-13-16)28-22(29-21(19)30)27-17-8-11-23-12-9-17/h4-5,8-13,15,18H,1-3,6-7,14H2,(H2,23,25,27,28,29). The number of aromatic nitrogens is 6. The van der Waals surface area contributed by atoms with Crippen LogP contribution in [0.4, 0.5) is 17.5 Å². The van der Waals surface area contributed by atoms with Crippen molar-refractivity contribution in [3.63, 3.8) is 0 Å². The Labute approximate surface area is 174 Å². The monoisotopic (exact) mass is 400 g/mol. The zero-order valence-electron chi connectivity index (χ0n) is 16.7. The molecule has 2 N–H and O–H groups in total. The highest BCUT2D eigenvalue weighted by atomic mass is 15.2. The minimum absolute atomic E-state index is 0.443. The highest BCUT2D eigenvalue weighted by molar-refractivity contribution is 5.84. The lowest BCUT2D eigenvalue weighted by atomic mass is 9.95. The molecule has 0 aromatic carbocycles. The molecule has 1 saturated carbocycles. The van der Waals surface area contributed by atoms with Crippen LogP contribution in [0.25, 0.3) is 11.2 Å². The zero-order valence-corrected chi connectivity index (χ0v) is 16.7. The molecule has 1 aliphatic carbocycles. The largest absolute Gasteiger partial charge is 0.364 e. The summed E-state index contributed by atoms with van der Waals surface area (Å²) in [4.78, 5) is 22.5. The van der Waals surface area contributed by atoms with Crippen LogP contribution < -0.4 is 10.6 Å². The highest BCUT2D eigenvalue weighted by Gasteiger charge is 2.21. The average Bonchev–Trinajstić information content (AvgIpc) is 3.23. The first kappa shape index (κ1) is 18.5. The summed E-state index contributed by atoms with van der Waals surface area (Å²) in [6.45, 7) is 0.616. The van der Waals surface area contributed by atoms with Crippen molar-refractivity contribution < 1.29 is 0 Å². The number of pyridine rings is 2. The van der Waals surface area contributed by atoms with Gasteiger partial charge in [0.05, 0.1) is 6.33 Å². The third-order valence-electron chi connectivity index (χ3n) is 5.51. The predicted octanol–water partition coefficient (Wildman–Crippen LogP) is 4.48. The van der Waals surface area contributed by atoms with Crippen LogP contribution in [0.3, 0.4) is 0 Å². The van der Waals surface area contributed by atoms with Crippen LogP contribution in [-0.4, -0.2) is 29.5 Å². The number of nitrogens with one attached hydrogen (secondary N) is 2. The Morgan fingerprint density at radius 3 is 2.63 bits per heavy atom. The fraction of sp³-hybridized carbons (Fsp3) is 0.318. The molecule has 0 saturated heterocycles. The van der Waals surface area contributed by atoms with Gasteiger partial charge < -0.3 is 15.2 Å². The van der Waals surface area contributed by atoms with Gasteiger partial charge in [0.1, 0.15) is 0 Å². The molecule has 0 radical (unpaired) electrons. The van der Waals surface area contributed by atoms with E-state index in [1.54, 1.807) is 18.6 Å². The van der Waals surface area contributed by atoms with Crippen LogP contribution >= 0.6 is 0 Å². The van der Waals surface area contributed by atoms with Crippen LogP contribution in [0, 0.1) is 0 Å². The topological polar surface area (TPSA) is 93.4 Å². The molecule has 0 unspecified atom stereocenters. The van der Waals surface area contributed by atoms with E-state index in [4.69, 9.17) is 9.97 Å². The molecule has 0 bridgehead atoms. The number of anilines is 3. The van der Waals surface area contributed by atoms with Crippen LogP contribution in [0.2, 0.25) is 0 Å². The summed E-state index contributed by atoms with van der Waals surface area (Å²) in [5.41, 5.74) is 3.64. The van der Waals surface area contributed by atoms with Gasteiger partial charge in [-0.2, -0.15) is 9.97 Å². The second kappa shape index (κ2) is 8.44. The quantitative estimate of drug-likeness (QED) is 0.493. The maximum absolute atomic E-state index is 4.83. The van der Waals surface area contributed by atoms with E-state index in [1.165, 1.54) is 32.1 Å². The van der Waals surface area contributed by atoms with Crippen molar-refractivity contribution in [3.05, 3.63) is 60.9 Å². The predicted molar refractivity (Wildman–Crippen MR) is 117 cm³/mol. The Bertz CT molecular complexity index is 1100. The molecule has 8 heteroatoms. The van der Waals surface area contributed by atoms with Crippen LogP contribution in [0.5, 0.6) is 0 Å². The van der Waals surface area contributed by atoms with Crippen molar-refractivity contribution in [3.8, 4) is 0 Å². The van der Waals surface area contributed by atoms with Crippen molar-refractivity contribution in [2.75, 3.05) is 10.6 Å². The summed E-state index contributed by atoms with van der Waals surface area (Å²) in [6, 6.07) is 8.21. The average molecular weight is 400 g/mol. The first-order chi connectivity index (χ1) is 14.9. The van der Waals surface area contributed by atoms with E-state index in [0.29, 0.717) is 18.5 Å². The van der Waals surface area contributed by atoms with Gasteiger partial charge in [0, 0.05) is 43.1 Å². The van der Waals surface area contributed by atoms with Gasteiger partial charge in [0.25, 0.3) is 0 Å². The number of imidazole rings is 1. The molecule has 4 aromatic heterocycles. The maximum Gasteiger partial charge on any atom is 0.231 e. The van der Waals surface area contributed by atoms with Gasteiger partial charge in [-0.1, -0.05) is 25.3 Å². The van der Waals surface area contributed by atoms with Crippen LogP contribution in [-0.2, 0) is 6.54 Å². The van der Waals surface area contributed by atoms with E-state index >= 15 is 0 Å². The molecule has 5 rings (SSSR count). The van der Waals surface area contributed by atoms with Crippen molar-refractivity contribution in [1.29, 1.82) is 0 Å². The van der Waals surface area contributed by atoms with Gasteiger partial charge in [-0.05, 0) is 36.6 Å². The van der Waals surface area contributed by atoms with Crippen molar-refractivity contribution in [1.82, 2.24) is 29.5 Å². The van der Waals surface area contributed by atoms with Gasteiger partial charge in [-0.15, -0.1) is 0 Å². The third-order valence-corrected chi connectivity index (χ3v) is 5.51. The summed E-state index contributed by atoms with van der Waals surface area (Å²) in [5.74, 6) is 1.26. The van der Waals surface area contributed by atoms with Gasteiger partial charge in [-0.25, -0.2) is 4.98 Å². The molecule has 4 aromatic rings. The van der Waals surface area contributed by atoms with Gasteiger partial charge >= 0.3 is 0 Å². The SMILES string of the molecule is c1cncc(CNc2nc(Nc3ccncc3)nc3c2ncn3C2CCCCC2)c1. The van der Waals surface area contributed by atoms with E-state index in [0.717, 1.165) is 28.2 Å². The van der Waals surface area contributed by atoms with Gasteiger partial charge in [0.2, 0.25) is 5.95 Å². The molecular formula is C22H24N8. The van der Waals surface area contributed by atoms with E-state index < -0.39 is 0 Å². The van der Waals surface area contributed by atoms with E-state index in [-0.39, 0.29) is 0 Å². The number of fused-ring (bicyclic) bond motifs is 1. The lowest BCUT2D eigenvalue weighted by Crippen LogP contribution is -2.13.